The van der Waals surface area contributed by atoms with Crippen LogP contribution in [0.3, 0.4) is 0 Å². The summed E-state index contributed by atoms with van der Waals surface area (Å²) < 4.78 is 72.4. The molecule has 20 heteroatoms. The highest BCUT2D eigenvalue weighted by molar-refractivity contribution is 6.06. The Morgan fingerprint density at radius 1 is 1.00 bits per heavy atom. The Labute approximate surface area is 389 Å². The number of H-pyrrole nitrogens is 1. The van der Waals surface area contributed by atoms with Crippen molar-refractivity contribution in [3.8, 4) is 16.9 Å². The molecule has 68 heavy (non-hydrogen) atoms. The molecule has 4 N–H and O–H groups in total. The molecule has 16 nitrogen and oxygen atoms in total. The van der Waals surface area contributed by atoms with Gasteiger partial charge in [-0.15, -0.1) is 13.2 Å². The Morgan fingerprint density at radius 3 is 2.44 bits per heavy atom. The Morgan fingerprint density at radius 2 is 1.76 bits per heavy atom. The molecule has 8 rings (SSSR count). The number of aliphatic hydroxyl groups is 1. The summed E-state index contributed by atoms with van der Waals surface area (Å²) in [6.45, 7) is 9.63. The first kappa shape index (κ1) is 47.9. The first-order chi connectivity index (χ1) is 32.3. The Balaban J connectivity index is 1.02. The van der Waals surface area contributed by atoms with Crippen molar-refractivity contribution in [1.82, 2.24) is 30.1 Å². The Bertz CT molecular complexity index is 2710. The third kappa shape index (κ3) is 10.0. The minimum absolute atomic E-state index is 0.0144. The summed E-state index contributed by atoms with van der Waals surface area (Å²) in [4.78, 5) is 71.0. The van der Waals surface area contributed by atoms with E-state index in [1.807, 2.05) is 18.7 Å². The molecule has 0 spiro atoms. The number of methoxy groups -OCH3 is 1. The van der Waals surface area contributed by atoms with Crippen LogP contribution >= 0.6 is 0 Å². The lowest BCUT2D eigenvalue weighted by molar-refractivity contribution is -0.274. The predicted molar refractivity (Wildman–Crippen MR) is 243 cm³/mol. The lowest BCUT2D eigenvalue weighted by Crippen LogP contribution is -2.56. The van der Waals surface area contributed by atoms with Gasteiger partial charge in [-0.3, -0.25) is 14.4 Å². The largest absolute Gasteiger partial charge is 0.573 e. The number of benzene rings is 3. The molecule has 362 valence electrons. The van der Waals surface area contributed by atoms with Crippen molar-refractivity contribution in [2.75, 3.05) is 63.3 Å². The molecule has 4 atom stereocenters. The number of pyridine rings is 1. The van der Waals surface area contributed by atoms with Gasteiger partial charge in [0.15, 0.2) is 0 Å². The maximum atomic E-state index is 15.9. The van der Waals surface area contributed by atoms with Crippen LogP contribution in [-0.2, 0) is 19.1 Å². The van der Waals surface area contributed by atoms with Crippen LogP contribution < -0.4 is 20.3 Å². The smallest absolute Gasteiger partial charge is 0.453 e. The fourth-order valence-corrected chi connectivity index (χ4v) is 9.44. The quantitative estimate of drug-likeness (QED) is 0.0981. The highest BCUT2D eigenvalue weighted by atomic mass is 19.4. The summed E-state index contributed by atoms with van der Waals surface area (Å²) in [5, 5.41) is 16.0. The van der Waals surface area contributed by atoms with Gasteiger partial charge in [0, 0.05) is 68.6 Å². The van der Waals surface area contributed by atoms with E-state index in [1.165, 1.54) is 25.4 Å². The molecule has 0 bridgehead atoms. The van der Waals surface area contributed by atoms with Crippen LogP contribution in [0.25, 0.3) is 32.9 Å². The van der Waals surface area contributed by atoms with Gasteiger partial charge in [0.25, 0.3) is 5.91 Å². The molecule has 3 aliphatic heterocycles. The second kappa shape index (κ2) is 19.2. The minimum Gasteiger partial charge on any atom is -0.453 e. The number of alkyl carbamates (subject to hydrolysis) is 1. The van der Waals surface area contributed by atoms with Gasteiger partial charge in [0.05, 0.1) is 47.5 Å². The number of aromatic amines is 1. The first-order valence-electron chi connectivity index (χ1n) is 22.5. The standard InChI is InChI=1S/C48H54F4N8O8/c1-26-18-37(60(23-26)44(63)40(57-46(65)66-5)28-12-16-67-17-13-28)42-54-35-10-7-29-19-30(6-9-32(29)41(35)56-42)33-20-34(49)36(21-38(33)68-48(50,51)52)55-43(62)31-8-11-39(53-22-31)59-15-14-58(24-27(59)2)45(64)47(3,4)25-61/h6-11,19-22,26-28,37,40,61H,12-18,23-25H2,1-5H3,(H,54,56)(H,55,62)(H,57,65)/t26-,27+,37-,40+/m0/s1. The van der Waals surface area contributed by atoms with Gasteiger partial charge in [-0.25, -0.2) is 19.2 Å². The van der Waals surface area contributed by atoms with Crippen molar-refractivity contribution in [3.05, 3.63) is 78.0 Å². The number of ether oxygens (including phenoxy) is 3. The van der Waals surface area contributed by atoms with E-state index in [4.69, 9.17) is 14.5 Å². The lowest BCUT2D eigenvalue weighted by Gasteiger charge is -2.42. The summed E-state index contributed by atoms with van der Waals surface area (Å²) >= 11 is 0. The van der Waals surface area contributed by atoms with Crippen molar-refractivity contribution < 1.29 is 56.1 Å². The Hall–Kier alpha value is -6.54. The van der Waals surface area contributed by atoms with Crippen LogP contribution in [0.4, 0.5) is 33.9 Å². The summed E-state index contributed by atoms with van der Waals surface area (Å²) in [5.74, 6) is -1.97. The van der Waals surface area contributed by atoms with Gasteiger partial charge in [0.1, 0.15) is 29.3 Å². The molecular weight excluding hydrogens is 893 g/mol. The number of likely N-dealkylation sites (tertiary alicyclic amines) is 1. The molecule has 3 aromatic carbocycles. The zero-order chi connectivity index (χ0) is 48.7. The second-order valence-electron chi connectivity index (χ2n) is 18.5. The third-order valence-corrected chi connectivity index (χ3v) is 13.1. The third-order valence-electron chi connectivity index (χ3n) is 13.1. The van der Waals surface area contributed by atoms with Crippen molar-refractivity contribution in [3.63, 3.8) is 0 Å². The number of aromatic nitrogens is 3. The number of imidazole rings is 1. The summed E-state index contributed by atoms with van der Waals surface area (Å²) in [5.41, 5.74) is -0.280. The normalized spacial score (nSPS) is 19.9. The van der Waals surface area contributed by atoms with E-state index in [0.717, 1.165) is 12.1 Å². The van der Waals surface area contributed by atoms with E-state index in [0.29, 0.717) is 92.1 Å². The molecule has 5 heterocycles. The minimum atomic E-state index is -5.17. The number of alkyl halides is 3. The molecule has 4 amide bonds. The molecule has 5 aromatic rings. The van der Waals surface area contributed by atoms with E-state index in [-0.39, 0.29) is 53.0 Å². The SMILES string of the molecule is COC(=O)N[C@@H](C(=O)N1C[C@@H](C)C[C@H]1c1nc2c(ccc3cc(-c4cc(F)c(NC(=O)c5ccc(N6CCN(C(=O)C(C)(C)CO)C[C@H]6C)nc5)cc4OC(F)(F)F)ccc32)[nH]1)C1CCOCC1. The summed E-state index contributed by atoms with van der Waals surface area (Å²) in [6, 6.07) is 11.6. The van der Waals surface area contributed by atoms with E-state index in [2.05, 4.69) is 25.3 Å². The number of halogens is 4. The molecule has 0 radical (unpaired) electrons. The number of rotatable bonds is 11. The van der Waals surface area contributed by atoms with E-state index >= 15 is 4.39 Å². The zero-order valence-corrected chi connectivity index (χ0v) is 38.3. The van der Waals surface area contributed by atoms with Gasteiger partial charge in [0.2, 0.25) is 11.8 Å². The summed E-state index contributed by atoms with van der Waals surface area (Å²) in [7, 11) is 1.25. The van der Waals surface area contributed by atoms with Gasteiger partial charge in [-0.1, -0.05) is 25.1 Å². The highest BCUT2D eigenvalue weighted by Crippen LogP contribution is 2.41. The highest BCUT2D eigenvalue weighted by Gasteiger charge is 2.43. The second-order valence-corrected chi connectivity index (χ2v) is 18.5. The number of carbonyl (C=O) groups excluding carboxylic acids is 4. The zero-order valence-electron chi connectivity index (χ0n) is 38.3. The Kier molecular flexibility index (Phi) is 13.5. The number of fused-ring (bicyclic) bond motifs is 3. The molecule has 0 aliphatic carbocycles. The number of amides is 4. The van der Waals surface area contributed by atoms with Crippen LogP contribution in [0, 0.1) is 23.1 Å². The number of anilines is 2. The fourth-order valence-electron chi connectivity index (χ4n) is 9.44. The van der Waals surface area contributed by atoms with Crippen LogP contribution in [0.5, 0.6) is 5.75 Å². The van der Waals surface area contributed by atoms with Crippen molar-refractivity contribution in [2.45, 2.75) is 71.4 Å². The van der Waals surface area contributed by atoms with Gasteiger partial charge in [-0.2, -0.15) is 0 Å². The monoisotopic (exact) mass is 946 g/mol. The van der Waals surface area contributed by atoms with Crippen molar-refractivity contribution >= 4 is 57.1 Å². The molecular formula is C48H54F4N8O8. The predicted octanol–water partition coefficient (Wildman–Crippen LogP) is 7.18. The molecule has 0 saturated carbocycles. The number of hydrogen-bond acceptors (Lipinski definition) is 11. The van der Waals surface area contributed by atoms with Crippen LogP contribution in [0.15, 0.2) is 60.8 Å². The van der Waals surface area contributed by atoms with Gasteiger partial charge < -0.3 is 49.6 Å². The molecule has 3 fully saturated rings. The number of piperazine rings is 1. The molecule has 2 aromatic heterocycles. The number of carbonyl (C=O) groups is 4. The van der Waals surface area contributed by atoms with Crippen LogP contribution in [0.1, 0.15) is 69.2 Å². The molecule has 3 saturated heterocycles. The topological polar surface area (TPSA) is 192 Å². The van der Waals surface area contributed by atoms with Crippen LogP contribution in [-0.4, -0.2) is 125 Å². The van der Waals surface area contributed by atoms with E-state index in [1.54, 1.807) is 54.0 Å². The number of nitrogens with zero attached hydrogens (tertiary/aromatic N) is 5. The number of nitrogens with one attached hydrogen (secondary N) is 3. The average molecular weight is 947 g/mol. The fraction of sp³-hybridized carbons (Fsp3) is 0.458. The van der Waals surface area contributed by atoms with Crippen molar-refractivity contribution in [2.24, 2.45) is 17.3 Å². The van der Waals surface area contributed by atoms with Crippen molar-refractivity contribution in [1.29, 1.82) is 0 Å². The number of aliphatic hydroxyl groups excluding tert-OH is 1. The molecule has 3 aliphatic rings. The van der Waals surface area contributed by atoms with E-state index in [9.17, 15) is 37.5 Å². The average Bonchev–Trinajstić information content (AvgIpc) is 3.94. The van der Waals surface area contributed by atoms with Crippen LogP contribution in [0.2, 0.25) is 0 Å². The lowest BCUT2D eigenvalue weighted by atomic mass is 9.90. The maximum absolute atomic E-state index is 15.9. The first-order valence-corrected chi connectivity index (χ1v) is 22.5. The number of hydrogen-bond donors (Lipinski definition) is 4. The maximum Gasteiger partial charge on any atom is 0.573 e. The molecule has 0 unspecified atom stereocenters. The summed E-state index contributed by atoms with van der Waals surface area (Å²) in [6.07, 6.45) is -2.80. The van der Waals surface area contributed by atoms with Gasteiger partial charge in [-0.05, 0) is 93.2 Å². The van der Waals surface area contributed by atoms with E-state index < -0.39 is 53.1 Å². The van der Waals surface area contributed by atoms with Gasteiger partial charge >= 0.3 is 12.5 Å².